The summed E-state index contributed by atoms with van der Waals surface area (Å²) in [5.74, 6) is 1.59. The fraction of sp³-hybridized carbons (Fsp3) is 0.222. The standard InChI is InChI=1S/C27H29N3O3/c1-21-4-6-22(7-5-21)20-33-26-14-10-24(11-15-26)30-17-16-29(27(30)31)23-8-12-25(13-9-23)32-19-18-28(2)3/h4-17H,18-20H2,1-3H3/p+1. The van der Waals surface area contributed by atoms with Gasteiger partial charge in [-0.15, -0.1) is 0 Å². The highest BCUT2D eigenvalue weighted by Gasteiger charge is 2.19. The number of hydrogen-bond acceptors (Lipinski definition) is 4. The van der Waals surface area contributed by atoms with Crippen molar-refractivity contribution in [3.8, 4) is 28.9 Å². The van der Waals surface area contributed by atoms with Crippen molar-refractivity contribution in [3.05, 3.63) is 96.3 Å². The maximum Gasteiger partial charge on any atom is 0.464 e. The van der Waals surface area contributed by atoms with Gasteiger partial charge < -0.3 is 19.5 Å². The van der Waals surface area contributed by atoms with E-state index in [2.05, 4.69) is 36.1 Å². The molecule has 0 saturated heterocycles. The zero-order valence-electron chi connectivity index (χ0n) is 19.3. The third-order valence-corrected chi connectivity index (χ3v) is 5.36. The molecule has 0 unspecified atom stereocenters. The highest BCUT2D eigenvalue weighted by molar-refractivity contribution is 5.39. The summed E-state index contributed by atoms with van der Waals surface area (Å²) in [6.45, 7) is 4.08. The normalized spacial score (nSPS) is 11.0. The van der Waals surface area contributed by atoms with Gasteiger partial charge >= 0.3 is 6.01 Å². The van der Waals surface area contributed by atoms with E-state index >= 15 is 0 Å². The topological polar surface area (TPSA) is 50.7 Å². The van der Waals surface area contributed by atoms with Gasteiger partial charge in [-0.1, -0.05) is 29.8 Å². The smallest absolute Gasteiger partial charge is 0.464 e. The van der Waals surface area contributed by atoms with Crippen molar-refractivity contribution in [2.24, 2.45) is 0 Å². The predicted molar refractivity (Wildman–Crippen MR) is 129 cm³/mol. The average molecular weight is 445 g/mol. The molecule has 0 aliphatic carbocycles. The first-order chi connectivity index (χ1) is 16.0. The van der Waals surface area contributed by atoms with E-state index < -0.39 is 0 Å². The van der Waals surface area contributed by atoms with Crippen molar-refractivity contribution in [2.75, 3.05) is 27.2 Å². The lowest BCUT2D eigenvalue weighted by Crippen LogP contribution is -2.28. The number of aromatic hydroxyl groups is 1. The minimum absolute atomic E-state index is 0.115. The Labute approximate surface area is 194 Å². The number of benzene rings is 3. The van der Waals surface area contributed by atoms with E-state index in [9.17, 15) is 5.11 Å². The Bertz CT molecular complexity index is 1160. The van der Waals surface area contributed by atoms with Gasteiger partial charge in [0, 0.05) is 6.54 Å². The fourth-order valence-electron chi connectivity index (χ4n) is 3.39. The molecule has 33 heavy (non-hydrogen) atoms. The highest BCUT2D eigenvalue weighted by Crippen LogP contribution is 2.21. The van der Waals surface area contributed by atoms with Gasteiger partial charge in [0.1, 0.15) is 48.5 Å². The zero-order chi connectivity index (χ0) is 23.2. The molecule has 1 N–H and O–H groups in total. The molecular formula is C27H30N3O3+. The van der Waals surface area contributed by atoms with E-state index in [4.69, 9.17) is 9.47 Å². The number of aromatic nitrogens is 2. The summed E-state index contributed by atoms with van der Waals surface area (Å²) in [5, 5.41) is 10.8. The van der Waals surface area contributed by atoms with Gasteiger partial charge in [-0.2, -0.15) is 9.13 Å². The molecule has 6 heteroatoms. The van der Waals surface area contributed by atoms with Gasteiger partial charge in [0.2, 0.25) is 0 Å². The molecule has 0 atom stereocenters. The van der Waals surface area contributed by atoms with Crippen LogP contribution >= 0.6 is 0 Å². The minimum atomic E-state index is 0.115. The molecule has 0 saturated carbocycles. The van der Waals surface area contributed by atoms with Gasteiger partial charge in [-0.3, -0.25) is 0 Å². The summed E-state index contributed by atoms with van der Waals surface area (Å²) in [7, 11) is 4.03. The maximum atomic E-state index is 10.8. The largest absolute Gasteiger partial charge is 0.492 e. The molecule has 0 amide bonds. The van der Waals surface area contributed by atoms with Crippen molar-refractivity contribution >= 4 is 0 Å². The number of likely N-dealkylation sites (N-methyl/N-ethyl adjacent to an activating group) is 1. The molecule has 4 aromatic rings. The molecule has 0 aliphatic heterocycles. The van der Waals surface area contributed by atoms with Crippen LogP contribution in [-0.2, 0) is 6.61 Å². The minimum Gasteiger partial charge on any atom is -0.492 e. The van der Waals surface area contributed by atoms with Crippen LogP contribution < -0.4 is 14.0 Å². The molecule has 0 bridgehead atoms. The van der Waals surface area contributed by atoms with E-state index in [1.54, 1.807) is 9.13 Å². The Balaban J connectivity index is 1.41. The van der Waals surface area contributed by atoms with Gasteiger partial charge in [-0.05, 0) is 75.1 Å². The molecule has 3 aromatic carbocycles. The van der Waals surface area contributed by atoms with Crippen LogP contribution in [0.1, 0.15) is 11.1 Å². The second-order valence-electron chi connectivity index (χ2n) is 8.25. The molecule has 170 valence electrons. The molecule has 6 nitrogen and oxygen atoms in total. The summed E-state index contributed by atoms with van der Waals surface area (Å²) in [4.78, 5) is 2.08. The molecule has 1 aromatic heterocycles. The van der Waals surface area contributed by atoms with E-state index in [0.29, 0.717) is 13.2 Å². The molecule has 0 fully saturated rings. The van der Waals surface area contributed by atoms with E-state index in [0.717, 1.165) is 35.0 Å². The number of imidazole rings is 1. The van der Waals surface area contributed by atoms with Crippen molar-refractivity contribution in [1.82, 2.24) is 9.47 Å². The van der Waals surface area contributed by atoms with Crippen LogP contribution in [0.3, 0.4) is 0 Å². The number of hydrogen-bond donors (Lipinski definition) is 1. The van der Waals surface area contributed by atoms with Crippen molar-refractivity contribution in [2.45, 2.75) is 13.5 Å². The third kappa shape index (κ3) is 5.73. The van der Waals surface area contributed by atoms with Crippen LogP contribution in [-0.4, -0.2) is 41.8 Å². The van der Waals surface area contributed by atoms with Gasteiger partial charge in [0.05, 0.1) is 0 Å². The first kappa shape index (κ1) is 22.4. The van der Waals surface area contributed by atoms with Crippen LogP contribution in [0.5, 0.6) is 17.5 Å². The Kier molecular flexibility index (Phi) is 6.95. The molecular weight excluding hydrogens is 414 g/mol. The van der Waals surface area contributed by atoms with Crippen LogP contribution in [0, 0.1) is 6.92 Å². The average Bonchev–Trinajstić information content (AvgIpc) is 3.20. The summed E-state index contributed by atoms with van der Waals surface area (Å²) < 4.78 is 15.1. The Morgan fingerprint density at radius 2 is 1.48 bits per heavy atom. The Morgan fingerprint density at radius 3 is 2.15 bits per heavy atom. The fourth-order valence-corrected chi connectivity index (χ4v) is 3.39. The number of rotatable bonds is 9. The molecule has 0 radical (unpaired) electrons. The van der Waals surface area contributed by atoms with Crippen LogP contribution in [0.25, 0.3) is 11.4 Å². The van der Waals surface area contributed by atoms with Crippen LogP contribution in [0.15, 0.2) is 85.2 Å². The molecule has 4 rings (SSSR count). The second-order valence-corrected chi connectivity index (χ2v) is 8.25. The zero-order valence-corrected chi connectivity index (χ0v) is 19.3. The van der Waals surface area contributed by atoms with Gasteiger partial charge in [-0.25, -0.2) is 0 Å². The monoisotopic (exact) mass is 444 g/mol. The van der Waals surface area contributed by atoms with Crippen LogP contribution in [0.4, 0.5) is 0 Å². The van der Waals surface area contributed by atoms with Gasteiger partial charge in [0.25, 0.3) is 0 Å². The summed E-state index contributed by atoms with van der Waals surface area (Å²) in [6.07, 6.45) is 3.66. The quantitative estimate of drug-likeness (QED) is 0.392. The highest BCUT2D eigenvalue weighted by atomic mass is 16.5. The van der Waals surface area contributed by atoms with Gasteiger partial charge in [0.15, 0.2) is 0 Å². The lowest BCUT2D eigenvalue weighted by molar-refractivity contribution is -0.603. The predicted octanol–water partition coefficient (Wildman–Crippen LogP) is 4.29. The lowest BCUT2D eigenvalue weighted by atomic mass is 10.2. The number of aryl methyl sites for hydroxylation is 1. The first-order valence-electron chi connectivity index (χ1n) is 11.0. The molecule has 0 spiro atoms. The van der Waals surface area contributed by atoms with Crippen molar-refractivity contribution < 1.29 is 19.1 Å². The first-order valence-corrected chi connectivity index (χ1v) is 11.0. The summed E-state index contributed by atoms with van der Waals surface area (Å²) >= 11 is 0. The summed E-state index contributed by atoms with van der Waals surface area (Å²) in [6, 6.07) is 23.8. The number of nitrogens with zero attached hydrogens (tertiary/aromatic N) is 3. The molecule has 1 heterocycles. The van der Waals surface area contributed by atoms with E-state index in [-0.39, 0.29) is 6.01 Å². The summed E-state index contributed by atoms with van der Waals surface area (Å²) in [5.41, 5.74) is 4.06. The third-order valence-electron chi connectivity index (χ3n) is 5.36. The van der Waals surface area contributed by atoms with Crippen molar-refractivity contribution in [1.29, 1.82) is 0 Å². The lowest BCUT2D eigenvalue weighted by Gasteiger charge is -2.10. The van der Waals surface area contributed by atoms with E-state index in [1.807, 2.05) is 75.0 Å². The second kappa shape index (κ2) is 10.2. The Hall–Kier alpha value is -3.77. The SMILES string of the molecule is Cc1ccc(COc2ccc(-n3cc[n+](-c4ccc(OCCN(C)C)cc4)c3O)cc2)cc1. The number of ether oxygens (including phenoxy) is 2. The molecule has 0 aliphatic rings. The van der Waals surface area contributed by atoms with E-state index in [1.165, 1.54) is 5.56 Å². The van der Waals surface area contributed by atoms with Crippen LogP contribution in [0.2, 0.25) is 0 Å². The van der Waals surface area contributed by atoms with Crippen molar-refractivity contribution in [3.63, 3.8) is 0 Å². The maximum absolute atomic E-state index is 10.8. The Morgan fingerprint density at radius 1 is 0.848 bits per heavy atom.